The second-order valence-electron chi connectivity index (χ2n) is 5.33. The minimum Gasteiger partial charge on any atom is -0.481 e. The summed E-state index contributed by atoms with van der Waals surface area (Å²) >= 11 is 0. The third-order valence-corrected chi connectivity index (χ3v) is 4.19. The van der Waals surface area contributed by atoms with Gasteiger partial charge in [0.05, 0.1) is 23.8 Å². The Morgan fingerprint density at radius 1 is 1.24 bits per heavy atom. The average molecular weight is 279 g/mol. The molecular formula is C17H17N3O. The molecule has 1 aromatic carbocycles. The first-order valence-electron chi connectivity index (χ1n) is 7.18. The molecule has 1 aliphatic heterocycles. The van der Waals surface area contributed by atoms with E-state index < -0.39 is 0 Å². The van der Waals surface area contributed by atoms with E-state index in [1.807, 2.05) is 6.07 Å². The number of rotatable bonds is 3. The van der Waals surface area contributed by atoms with Crippen LogP contribution in [0.4, 0.5) is 0 Å². The average Bonchev–Trinajstić information content (AvgIpc) is 3.03. The molecule has 0 saturated heterocycles. The van der Waals surface area contributed by atoms with E-state index in [1.54, 1.807) is 7.11 Å². The van der Waals surface area contributed by atoms with Crippen molar-refractivity contribution >= 4 is 11.0 Å². The second kappa shape index (κ2) is 4.60. The van der Waals surface area contributed by atoms with E-state index in [4.69, 9.17) is 10.5 Å². The highest BCUT2D eigenvalue weighted by Crippen LogP contribution is 2.40. The maximum atomic E-state index is 5.83. The fourth-order valence-electron chi connectivity index (χ4n) is 3.30. The van der Waals surface area contributed by atoms with Gasteiger partial charge in [-0.1, -0.05) is 24.3 Å². The van der Waals surface area contributed by atoms with Crippen LogP contribution in [0.15, 0.2) is 36.4 Å². The van der Waals surface area contributed by atoms with Gasteiger partial charge in [0.15, 0.2) is 0 Å². The third-order valence-electron chi connectivity index (χ3n) is 4.19. The Kier molecular flexibility index (Phi) is 2.72. The summed E-state index contributed by atoms with van der Waals surface area (Å²) in [6.45, 7) is 1.52. The lowest BCUT2D eigenvalue weighted by Gasteiger charge is -2.04. The van der Waals surface area contributed by atoms with E-state index in [2.05, 4.69) is 39.9 Å². The Hall–Kier alpha value is -2.33. The number of fused-ring (bicyclic) bond motifs is 5. The molecule has 2 aromatic heterocycles. The molecule has 0 saturated carbocycles. The highest BCUT2D eigenvalue weighted by atomic mass is 16.5. The van der Waals surface area contributed by atoms with Crippen LogP contribution < -0.4 is 10.5 Å². The molecule has 0 spiro atoms. The molecule has 0 fully saturated rings. The zero-order valence-electron chi connectivity index (χ0n) is 12.0. The Morgan fingerprint density at radius 2 is 2.10 bits per heavy atom. The van der Waals surface area contributed by atoms with Crippen molar-refractivity contribution in [1.29, 1.82) is 0 Å². The molecule has 0 unspecified atom stereocenters. The van der Waals surface area contributed by atoms with E-state index in [-0.39, 0.29) is 0 Å². The lowest BCUT2D eigenvalue weighted by atomic mass is 10.0. The van der Waals surface area contributed by atoms with Gasteiger partial charge in [0, 0.05) is 23.7 Å². The number of nitrogens with zero attached hydrogens (tertiary/aromatic N) is 2. The van der Waals surface area contributed by atoms with Gasteiger partial charge in [-0.25, -0.2) is 4.98 Å². The van der Waals surface area contributed by atoms with Crippen molar-refractivity contribution < 1.29 is 4.74 Å². The van der Waals surface area contributed by atoms with Crippen molar-refractivity contribution in [2.75, 3.05) is 13.7 Å². The first-order chi connectivity index (χ1) is 10.3. The van der Waals surface area contributed by atoms with Crippen LogP contribution in [-0.2, 0) is 13.0 Å². The predicted molar refractivity (Wildman–Crippen MR) is 83.6 cm³/mol. The van der Waals surface area contributed by atoms with Gasteiger partial charge in [0.1, 0.15) is 0 Å². The maximum absolute atomic E-state index is 5.83. The molecule has 0 radical (unpaired) electrons. The van der Waals surface area contributed by atoms with Crippen LogP contribution in [0, 0.1) is 0 Å². The summed E-state index contributed by atoms with van der Waals surface area (Å²) in [5, 5.41) is 0. The van der Waals surface area contributed by atoms with Crippen LogP contribution >= 0.6 is 0 Å². The van der Waals surface area contributed by atoms with Crippen LogP contribution in [0.3, 0.4) is 0 Å². The van der Waals surface area contributed by atoms with Crippen LogP contribution in [0.5, 0.6) is 5.88 Å². The third kappa shape index (κ3) is 1.69. The fraction of sp³-hybridized carbons (Fsp3) is 0.235. The van der Waals surface area contributed by atoms with E-state index in [1.165, 1.54) is 22.4 Å². The van der Waals surface area contributed by atoms with Crippen LogP contribution in [0.25, 0.3) is 22.3 Å². The van der Waals surface area contributed by atoms with Gasteiger partial charge in [-0.15, -0.1) is 0 Å². The van der Waals surface area contributed by atoms with E-state index >= 15 is 0 Å². The summed E-state index contributed by atoms with van der Waals surface area (Å²) in [4.78, 5) is 4.65. The summed E-state index contributed by atoms with van der Waals surface area (Å²) < 4.78 is 7.62. The Morgan fingerprint density at radius 3 is 2.90 bits per heavy atom. The first kappa shape index (κ1) is 12.4. The van der Waals surface area contributed by atoms with Gasteiger partial charge >= 0.3 is 0 Å². The molecule has 0 aliphatic carbocycles. The minimum atomic E-state index is 0.618. The standard InChI is InChI=1S/C17H17N3O/c1-21-15-7-6-14-16(19-15)13(8-9-18)17-12-5-3-2-4-11(12)10-20(14)17/h2-7H,8-10,18H2,1H3. The number of methoxy groups -OCH3 is 1. The van der Waals surface area contributed by atoms with Crippen molar-refractivity contribution in [3.63, 3.8) is 0 Å². The van der Waals surface area contributed by atoms with E-state index in [0.717, 1.165) is 24.0 Å². The van der Waals surface area contributed by atoms with Gasteiger partial charge in [0.25, 0.3) is 0 Å². The molecule has 21 heavy (non-hydrogen) atoms. The van der Waals surface area contributed by atoms with E-state index in [0.29, 0.717) is 12.4 Å². The Bertz CT molecular complexity index is 835. The predicted octanol–water partition coefficient (Wildman–Crippen LogP) is 2.57. The number of hydrogen-bond donors (Lipinski definition) is 1. The molecular weight excluding hydrogens is 262 g/mol. The molecule has 4 nitrogen and oxygen atoms in total. The van der Waals surface area contributed by atoms with Crippen molar-refractivity contribution in [3.05, 3.63) is 47.5 Å². The van der Waals surface area contributed by atoms with Crippen LogP contribution in [-0.4, -0.2) is 23.2 Å². The van der Waals surface area contributed by atoms with Gasteiger partial charge < -0.3 is 15.0 Å². The molecule has 3 heterocycles. The molecule has 4 rings (SSSR count). The number of hydrogen-bond acceptors (Lipinski definition) is 3. The van der Waals surface area contributed by atoms with Crippen molar-refractivity contribution in [2.24, 2.45) is 5.73 Å². The summed E-state index contributed by atoms with van der Waals surface area (Å²) in [7, 11) is 1.65. The maximum Gasteiger partial charge on any atom is 0.213 e. The molecule has 1 aliphatic rings. The zero-order chi connectivity index (χ0) is 14.4. The number of nitrogens with two attached hydrogens (primary N) is 1. The topological polar surface area (TPSA) is 53.1 Å². The molecule has 0 amide bonds. The normalized spacial score (nSPS) is 12.5. The highest BCUT2D eigenvalue weighted by Gasteiger charge is 2.26. The van der Waals surface area contributed by atoms with E-state index in [9.17, 15) is 0 Å². The number of aromatic nitrogens is 2. The lowest BCUT2D eigenvalue weighted by molar-refractivity contribution is 0.399. The summed E-state index contributed by atoms with van der Waals surface area (Å²) in [5.41, 5.74) is 13.2. The number of ether oxygens (including phenoxy) is 1. The number of pyridine rings is 1. The summed E-state index contributed by atoms with van der Waals surface area (Å²) in [6, 6.07) is 12.6. The van der Waals surface area contributed by atoms with Crippen molar-refractivity contribution in [3.8, 4) is 17.1 Å². The van der Waals surface area contributed by atoms with Crippen LogP contribution in [0.1, 0.15) is 11.1 Å². The molecule has 0 atom stereocenters. The SMILES string of the molecule is COc1ccc2c(n1)c(CCN)c1n2Cc2ccccc2-1. The second-order valence-corrected chi connectivity index (χ2v) is 5.33. The highest BCUT2D eigenvalue weighted by molar-refractivity contribution is 5.92. The largest absolute Gasteiger partial charge is 0.481 e. The molecule has 0 bridgehead atoms. The molecule has 106 valence electrons. The Labute approximate surface area is 123 Å². The monoisotopic (exact) mass is 279 g/mol. The smallest absolute Gasteiger partial charge is 0.213 e. The van der Waals surface area contributed by atoms with Gasteiger partial charge in [-0.3, -0.25) is 0 Å². The minimum absolute atomic E-state index is 0.618. The molecule has 2 N–H and O–H groups in total. The number of benzene rings is 1. The molecule has 4 heteroatoms. The van der Waals surface area contributed by atoms with Gasteiger partial charge in [-0.05, 0) is 24.6 Å². The summed E-state index contributed by atoms with van der Waals surface area (Å²) in [5.74, 6) is 0.651. The quantitative estimate of drug-likeness (QED) is 0.627. The zero-order valence-corrected chi connectivity index (χ0v) is 12.0. The lowest BCUT2D eigenvalue weighted by Crippen LogP contribution is -2.03. The van der Waals surface area contributed by atoms with Gasteiger partial charge in [-0.2, -0.15) is 0 Å². The Balaban J connectivity index is 2.05. The van der Waals surface area contributed by atoms with Gasteiger partial charge in [0.2, 0.25) is 5.88 Å². The first-order valence-corrected chi connectivity index (χ1v) is 7.18. The van der Waals surface area contributed by atoms with Crippen molar-refractivity contribution in [2.45, 2.75) is 13.0 Å². The molecule has 3 aromatic rings. The van der Waals surface area contributed by atoms with Crippen LogP contribution in [0.2, 0.25) is 0 Å². The van der Waals surface area contributed by atoms with Crippen molar-refractivity contribution in [1.82, 2.24) is 9.55 Å². The fourth-order valence-corrected chi connectivity index (χ4v) is 3.30. The summed E-state index contributed by atoms with van der Waals surface area (Å²) in [6.07, 6.45) is 0.827.